The van der Waals surface area contributed by atoms with Gasteiger partial charge < -0.3 is 20.5 Å². The van der Waals surface area contributed by atoms with Crippen LogP contribution in [0.25, 0.3) is 11.3 Å². The third-order valence-electron chi connectivity index (χ3n) is 8.74. The lowest BCUT2D eigenvalue weighted by atomic mass is 9.67. The molecule has 1 aromatic heterocycles. The lowest BCUT2D eigenvalue weighted by molar-refractivity contribution is -0.256. The van der Waals surface area contributed by atoms with E-state index in [9.17, 15) is 27.5 Å². The molecule has 2 aliphatic heterocycles. The highest BCUT2D eigenvalue weighted by Crippen LogP contribution is 2.53. The maximum Gasteiger partial charge on any atom is 0.395 e. The topological polar surface area (TPSA) is 105 Å². The number of likely N-dealkylation sites (tertiary alicyclic amines) is 2. The number of alkyl halides is 3. The summed E-state index contributed by atoms with van der Waals surface area (Å²) < 4.78 is 61.2. The first kappa shape index (κ1) is 28.7. The van der Waals surface area contributed by atoms with Crippen LogP contribution in [-0.4, -0.2) is 75.8 Å². The van der Waals surface area contributed by atoms with Crippen molar-refractivity contribution in [3.63, 3.8) is 0 Å². The zero-order chi connectivity index (χ0) is 28.5. The molecule has 2 saturated heterocycles. The molecule has 0 spiro atoms. The number of rotatable bonds is 9. The summed E-state index contributed by atoms with van der Waals surface area (Å²) in [5.74, 6) is -0.604. The average Bonchev–Trinajstić information content (AvgIpc) is 3.40. The van der Waals surface area contributed by atoms with Gasteiger partial charge in [0.25, 0.3) is 0 Å². The van der Waals surface area contributed by atoms with Crippen LogP contribution in [0, 0.1) is 17.2 Å². The zero-order valence-electron chi connectivity index (χ0n) is 22.2. The van der Waals surface area contributed by atoms with Gasteiger partial charge in [-0.25, -0.2) is 14.4 Å². The van der Waals surface area contributed by atoms with Crippen LogP contribution in [0.4, 0.5) is 17.6 Å². The van der Waals surface area contributed by atoms with Gasteiger partial charge in [0.05, 0.1) is 36.2 Å². The molecule has 1 saturated carbocycles. The summed E-state index contributed by atoms with van der Waals surface area (Å²) >= 11 is 0. The normalized spacial score (nSPS) is 23.1. The molecule has 1 amide bonds. The molecule has 1 aromatic carbocycles. The Hall–Kier alpha value is -2.83. The first-order valence-electron chi connectivity index (χ1n) is 13.8. The van der Waals surface area contributed by atoms with Crippen molar-refractivity contribution in [1.82, 2.24) is 19.8 Å². The van der Waals surface area contributed by atoms with Gasteiger partial charge in [-0.15, -0.1) is 0 Å². The highest BCUT2D eigenvalue weighted by Gasteiger charge is 2.58. The summed E-state index contributed by atoms with van der Waals surface area (Å²) in [5, 5.41) is 10.7. The lowest BCUT2D eigenvalue weighted by Crippen LogP contribution is -2.53. The third kappa shape index (κ3) is 5.94. The zero-order valence-corrected chi connectivity index (χ0v) is 22.2. The van der Waals surface area contributed by atoms with Crippen molar-refractivity contribution in [1.29, 1.82) is 0 Å². The summed E-state index contributed by atoms with van der Waals surface area (Å²) in [7, 11) is 0. The number of nitrogens with two attached hydrogens (primary N) is 1. The number of carbonyl (C=O) groups excluding carboxylic acids is 1. The Labute approximate surface area is 230 Å². The van der Waals surface area contributed by atoms with Crippen LogP contribution in [0.2, 0.25) is 0 Å². The van der Waals surface area contributed by atoms with Crippen molar-refractivity contribution < 1.29 is 32.2 Å². The molecule has 3 heterocycles. The molecule has 3 N–H and O–H groups in total. The number of hydrogen-bond donors (Lipinski definition) is 2. The van der Waals surface area contributed by atoms with Gasteiger partial charge in [-0.3, -0.25) is 9.69 Å². The number of carbonyl (C=O) groups is 1. The number of benzene rings is 1. The maximum absolute atomic E-state index is 15.0. The number of aliphatic hydroxyl groups is 1. The van der Waals surface area contributed by atoms with E-state index in [1.54, 1.807) is 11.0 Å². The van der Waals surface area contributed by atoms with Crippen molar-refractivity contribution in [2.24, 2.45) is 17.1 Å². The summed E-state index contributed by atoms with van der Waals surface area (Å²) in [6.07, 6.45) is 1.38. The van der Waals surface area contributed by atoms with Crippen LogP contribution in [0.3, 0.4) is 0 Å². The fourth-order valence-electron chi connectivity index (χ4n) is 6.09. The van der Waals surface area contributed by atoms with Gasteiger partial charge in [0.1, 0.15) is 12.0 Å². The molecule has 40 heavy (non-hydrogen) atoms. The van der Waals surface area contributed by atoms with Crippen molar-refractivity contribution in [2.75, 3.05) is 32.8 Å². The van der Waals surface area contributed by atoms with Gasteiger partial charge in [0.15, 0.2) is 0 Å². The van der Waals surface area contributed by atoms with Gasteiger partial charge >= 0.3 is 6.18 Å². The number of halogens is 4. The second-order valence-electron chi connectivity index (χ2n) is 11.3. The van der Waals surface area contributed by atoms with E-state index in [0.717, 1.165) is 19.3 Å². The van der Waals surface area contributed by atoms with Crippen LogP contribution in [0.5, 0.6) is 5.88 Å². The quantitative estimate of drug-likeness (QED) is 0.442. The molecule has 2 aromatic rings. The molecule has 12 heteroatoms. The molecule has 218 valence electrons. The summed E-state index contributed by atoms with van der Waals surface area (Å²) in [6.45, 7) is 2.18. The van der Waals surface area contributed by atoms with E-state index in [-0.39, 0.29) is 36.7 Å². The number of primary amides is 1. The first-order chi connectivity index (χ1) is 19.1. The molecule has 2 atom stereocenters. The van der Waals surface area contributed by atoms with Crippen molar-refractivity contribution in [3.05, 3.63) is 42.0 Å². The second kappa shape index (κ2) is 11.6. The number of hydrogen-bond acceptors (Lipinski definition) is 7. The minimum atomic E-state index is -4.15. The maximum atomic E-state index is 15.0. The minimum absolute atomic E-state index is 0.0830. The molecule has 3 aliphatic rings. The van der Waals surface area contributed by atoms with E-state index in [4.69, 9.17) is 10.5 Å². The lowest BCUT2D eigenvalue weighted by Gasteiger charge is -2.47. The highest BCUT2D eigenvalue weighted by atomic mass is 19.4. The molecule has 0 radical (unpaired) electrons. The number of piperidine rings is 1. The Bertz CT molecular complexity index is 1180. The van der Waals surface area contributed by atoms with Gasteiger partial charge in [0.2, 0.25) is 11.8 Å². The van der Waals surface area contributed by atoms with Crippen molar-refractivity contribution in [3.8, 4) is 17.1 Å². The molecular formula is C28H35F4N5O3. The predicted octanol–water partition coefficient (Wildman–Crippen LogP) is 4.05. The smallest absolute Gasteiger partial charge is 0.395 e. The fourth-order valence-corrected chi connectivity index (χ4v) is 6.09. The number of nitrogens with zero attached hydrogens (tertiary/aromatic N) is 4. The molecule has 3 fully saturated rings. The predicted molar refractivity (Wildman–Crippen MR) is 138 cm³/mol. The average molecular weight is 566 g/mol. The van der Waals surface area contributed by atoms with Crippen LogP contribution in [0.15, 0.2) is 30.6 Å². The van der Waals surface area contributed by atoms with Crippen molar-refractivity contribution in [2.45, 2.75) is 63.4 Å². The highest BCUT2D eigenvalue weighted by molar-refractivity contribution is 5.80. The standard InChI is InChI=1S/C28H35F4N5O3/c29-21-13-19(26(39)37-10-1-3-23(37)25(33)38)4-5-20(21)22-14-35-24(15-34-22)40-16-18-6-11-36(12-7-18)17-27(8-2-9-27)28(30,31)32/h4-5,13-15,18,23,26,39H,1-3,6-12,16-17H2,(H2,33,38)/t23-,26?/m0/s1. The Kier molecular flexibility index (Phi) is 8.30. The van der Waals surface area contributed by atoms with E-state index in [1.807, 2.05) is 4.90 Å². The minimum Gasteiger partial charge on any atom is -0.476 e. The summed E-state index contributed by atoms with van der Waals surface area (Å²) in [5.41, 5.74) is 4.71. The SMILES string of the molecule is NC(=O)[C@@H]1CCCN1C(O)c1ccc(-c2cnc(OCC3CCN(CC4(C(F)(F)F)CCC4)CC3)cn2)c(F)c1. The van der Waals surface area contributed by atoms with Crippen LogP contribution < -0.4 is 10.5 Å². The van der Waals surface area contributed by atoms with E-state index in [1.165, 1.54) is 24.5 Å². The summed E-state index contributed by atoms with van der Waals surface area (Å²) in [6, 6.07) is 3.72. The summed E-state index contributed by atoms with van der Waals surface area (Å²) in [4.78, 5) is 23.7. The van der Waals surface area contributed by atoms with Crippen LogP contribution in [0.1, 0.15) is 56.7 Å². The van der Waals surface area contributed by atoms with E-state index in [2.05, 4.69) is 9.97 Å². The Morgan fingerprint density at radius 1 is 1.12 bits per heavy atom. The largest absolute Gasteiger partial charge is 0.476 e. The van der Waals surface area contributed by atoms with Gasteiger partial charge in [0, 0.05) is 18.7 Å². The van der Waals surface area contributed by atoms with Crippen LogP contribution in [-0.2, 0) is 4.79 Å². The monoisotopic (exact) mass is 565 g/mol. The number of amides is 1. The number of aliphatic hydroxyl groups excluding tert-OH is 1. The molecule has 1 unspecified atom stereocenters. The van der Waals surface area contributed by atoms with E-state index < -0.39 is 35.6 Å². The molecule has 0 bridgehead atoms. The molecular weight excluding hydrogens is 530 g/mol. The first-order valence-corrected chi connectivity index (χ1v) is 13.8. The van der Waals surface area contributed by atoms with Gasteiger partial charge in [-0.1, -0.05) is 12.5 Å². The molecule has 8 nitrogen and oxygen atoms in total. The van der Waals surface area contributed by atoms with E-state index >= 15 is 0 Å². The molecule has 5 rings (SSSR count). The van der Waals surface area contributed by atoms with E-state index in [0.29, 0.717) is 50.3 Å². The Morgan fingerprint density at radius 2 is 1.88 bits per heavy atom. The fraction of sp³-hybridized carbons (Fsp3) is 0.607. The molecule has 1 aliphatic carbocycles. The Morgan fingerprint density at radius 3 is 2.45 bits per heavy atom. The van der Waals surface area contributed by atoms with Crippen LogP contribution >= 0.6 is 0 Å². The number of aromatic nitrogens is 2. The second-order valence-corrected chi connectivity index (χ2v) is 11.3. The Balaban J connectivity index is 1.12. The number of ether oxygens (including phenoxy) is 1. The van der Waals surface area contributed by atoms with Gasteiger partial charge in [-0.05, 0) is 75.2 Å². The van der Waals surface area contributed by atoms with Crippen molar-refractivity contribution >= 4 is 5.91 Å². The van der Waals surface area contributed by atoms with Gasteiger partial charge in [-0.2, -0.15) is 13.2 Å². The third-order valence-corrected chi connectivity index (χ3v) is 8.74.